The number of nitrogens with two attached hydrogens (primary N) is 1. The smallest absolute Gasteiger partial charge is 0.212 e. The van der Waals surface area contributed by atoms with E-state index in [0.29, 0.717) is 23.8 Å². The molecule has 0 radical (unpaired) electrons. The Morgan fingerprint density at radius 1 is 1.00 bits per heavy atom. The average Bonchev–Trinajstić information content (AvgIpc) is 3.33. The van der Waals surface area contributed by atoms with Crippen molar-refractivity contribution in [3.63, 3.8) is 0 Å². The van der Waals surface area contributed by atoms with Gasteiger partial charge in [-0.1, -0.05) is 12.1 Å². The molecule has 7 rings (SSSR count). The number of anilines is 2. The Labute approximate surface area is 197 Å². The first kappa shape index (κ1) is 20.6. The second-order valence-corrected chi connectivity index (χ2v) is 8.83. The van der Waals surface area contributed by atoms with E-state index < -0.39 is 0 Å². The molecule has 0 aromatic carbocycles. The summed E-state index contributed by atoms with van der Waals surface area (Å²) < 4.78 is 5.17. The Bertz CT molecular complexity index is 1280. The molecule has 2 atom stereocenters. The molecule has 0 spiro atoms. The summed E-state index contributed by atoms with van der Waals surface area (Å²) >= 11 is 0. The zero-order chi connectivity index (χ0) is 23.1. The fraction of sp³-hybridized carbons (Fsp3) is 0.280. The van der Waals surface area contributed by atoms with Gasteiger partial charge in [-0.2, -0.15) is 5.10 Å². The third-order valence-corrected chi connectivity index (χ3v) is 6.83. The fourth-order valence-corrected chi connectivity index (χ4v) is 5.04. The molecular formula is C25H26N8O. The molecule has 3 aliphatic rings. The minimum atomic E-state index is 0.507. The number of pyridine rings is 3. The van der Waals surface area contributed by atoms with Crippen LogP contribution in [0.25, 0.3) is 22.4 Å². The Kier molecular flexibility index (Phi) is 5.10. The molecule has 4 aromatic rings. The normalized spacial score (nSPS) is 19.6. The van der Waals surface area contributed by atoms with Gasteiger partial charge in [-0.05, 0) is 30.2 Å². The number of piperidine rings is 1. The number of methoxy groups -OCH3 is 1. The first-order valence-corrected chi connectivity index (χ1v) is 11.4. The van der Waals surface area contributed by atoms with Gasteiger partial charge in [0.2, 0.25) is 5.88 Å². The summed E-state index contributed by atoms with van der Waals surface area (Å²) in [4.78, 5) is 18.7. The standard InChI is InChI=1S/C25H26N8O/c1-34-23-7-4-16(10-29-23)13-33-18-9-19(33)15-32(14-18)22-6-5-17(11-28-22)20-3-2-8-27-24(20)21-12-30-31-25(21)26/h2-8,10-12,18-19H,9,13-15H2,1H3,(H3,26,30,31). The number of aromatic amines is 1. The monoisotopic (exact) mass is 454 g/mol. The molecule has 9 nitrogen and oxygen atoms in total. The number of hydrogen-bond donors (Lipinski definition) is 2. The molecular weight excluding hydrogens is 428 g/mol. The topological polar surface area (TPSA) is 109 Å². The number of aromatic nitrogens is 5. The molecule has 7 heterocycles. The van der Waals surface area contributed by atoms with Gasteiger partial charge in [-0.15, -0.1) is 0 Å². The molecule has 2 unspecified atom stereocenters. The van der Waals surface area contributed by atoms with Crippen molar-refractivity contribution in [1.29, 1.82) is 0 Å². The first-order valence-electron chi connectivity index (χ1n) is 11.4. The number of piperazine rings is 1. The largest absolute Gasteiger partial charge is 0.481 e. The van der Waals surface area contributed by atoms with E-state index in [-0.39, 0.29) is 0 Å². The van der Waals surface area contributed by atoms with Crippen LogP contribution in [0.1, 0.15) is 12.0 Å². The van der Waals surface area contributed by atoms with Gasteiger partial charge in [-0.25, -0.2) is 9.97 Å². The number of nitrogen functional groups attached to an aromatic ring is 1. The van der Waals surface area contributed by atoms with E-state index in [1.54, 1.807) is 19.5 Å². The third-order valence-electron chi connectivity index (χ3n) is 6.83. The quantitative estimate of drug-likeness (QED) is 0.458. The average molecular weight is 455 g/mol. The summed E-state index contributed by atoms with van der Waals surface area (Å²) in [7, 11) is 1.64. The zero-order valence-electron chi connectivity index (χ0n) is 18.9. The first-order chi connectivity index (χ1) is 16.7. The number of nitrogens with one attached hydrogen (secondary N) is 1. The van der Waals surface area contributed by atoms with Crippen molar-refractivity contribution in [3.8, 4) is 28.3 Å². The van der Waals surface area contributed by atoms with Crippen molar-refractivity contribution in [1.82, 2.24) is 30.0 Å². The molecule has 34 heavy (non-hydrogen) atoms. The summed E-state index contributed by atoms with van der Waals surface area (Å²) in [5, 5.41) is 6.82. The van der Waals surface area contributed by atoms with Crippen LogP contribution in [0.2, 0.25) is 0 Å². The van der Waals surface area contributed by atoms with Crippen LogP contribution < -0.4 is 15.4 Å². The van der Waals surface area contributed by atoms with Crippen LogP contribution in [0, 0.1) is 0 Å². The molecule has 4 aromatic heterocycles. The highest BCUT2D eigenvalue weighted by atomic mass is 16.5. The van der Waals surface area contributed by atoms with Crippen molar-refractivity contribution in [2.24, 2.45) is 0 Å². The van der Waals surface area contributed by atoms with Crippen molar-refractivity contribution < 1.29 is 4.74 Å². The molecule has 3 saturated heterocycles. The van der Waals surface area contributed by atoms with Crippen LogP contribution >= 0.6 is 0 Å². The minimum absolute atomic E-state index is 0.507. The Balaban J connectivity index is 1.15. The van der Waals surface area contributed by atoms with E-state index in [0.717, 1.165) is 47.8 Å². The summed E-state index contributed by atoms with van der Waals surface area (Å²) in [6.45, 7) is 2.89. The summed E-state index contributed by atoms with van der Waals surface area (Å²) in [6, 6.07) is 13.3. The number of nitrogens with zero attached hydrogens (tertiary/aromatic N) is 6. The van der Waals surface area contributed by atoms with Gasteiger partial charge in [0, 0.05) is 67.5 Å². The number of hydrogen-bond acceptors (Lipinski definition) is 8. The summed E-state index contributed by atoms with van der Waals surface area (Å²) in [5.74, 6) is 2.17. The maximum Gasteiger partial charge on any atom is 0.212 e. The van der Waals surface area contributed by atoms with Gasteiger partial charge >= 0.3 is 0 Å². The maximum atomic E-state index is 6.04. The van der Waals surface area contributed by atoms with Gasteiger partial charge in [0.25, 0.3) is 0 Å². The number of H-pyrrole nitrogens is 1. The van der Waals surface area contributed by atoms with Crippen LogP contribution in [0.4, 0.5) is 11.6 Å². The minimum Gasteiger partial charge on any atom is -0.481 e. The SMILES string of the molecule is COc1ccc(CN2C3CC2CN(c2ccc(-c4cccnc4-c4cn[nH]c4N)cn2)C3)cn1. The predicted molar refractivity (Wildman–Crippen MR) is 130 cm³/mol. The van der Waals surface area contributed by atoms with Gasteiger partial charge in [0.05, 0.1) is 24.6 Å². The van der Waals surface area contributed by atoms with E-state index in [2.05, 4.69) is 48.2 Å². The van der Waals surface area contributed by atoms with Crippen molar-refractivity contribution in [2.45, 2.75) is 25.0 Å². The van der Waals surface area contributed by atoms with Crippen molar-refractivity contribution in [2.75, 3.05) is 30.8 Å². The second kappa shape index (κ2) is 8.42. The third kappa shape index (κ3) is 3.63. The van der Waals surface area contributed by atoms with E-state index in [9.17, 15) is 0 Å². The second-order valence-electron chi connectivity index (χ2n) is 8.83. The summed E-state index contributed by atoms with van der Waals surface area (Å²) in [6.07, 6.45) is 8.54. The molecule has 0 amide bonds. The van der Waals surface area contributed by atoms with Crippen LogP contribution in [-0.4, -0.2) is 62.3 Å². The lowest BCUT2D eigenvalue weighted by Gasteiger charge is -2.56. The van der Waals surface area contributed by atoms with E-state index in [1.807, 2.05) is 30.6 Å². The van der Waals surface area contributed by atoms with Crippen molar-refractivity contribution >= 4 is 11.6 Å². The zero-order valence-corrected chi connectivity index (χ0v) is 18.9. The number of ether oxygens (including phenoxy) is 1. The highest BCUT2D eigenvalue weighted by molar-refractivity contribution is 5.84. The lowest BCUT2D eigenvalue weighted by molar-refractivity contribution is -0.00876. The molecule has 2 bridgehead atoms. The van der Waals surface area contributed by atoms with Gasteiger partial charge in [-0.3, -0.25) is 15.0 Å². The maximum absolute atomic E-state index is 6.04. The van der Waals surface area contributed by atoms with Crippen LogP contribution in [-0.2, 0) is 6.54 Å². The van der Waals surface area contributed by atoms with E-state index in [1.165, 1.54) is 12.0 Å². The Morgan fingerprint density at radius 2 is 1.88 bits per heavy atom. The van der Waals surface area contributed by atoms with Gasteiger partial charge < -0.3 is 15.4 Å². The van der Waals surface area contributed by atoms with Crippen LogP contribution in [0.15, 0.2) is 61.2 Å². The van der Waals surface area contributed by atoms with Crippen LogP contribution in [0.5, 0.6) is 5.88 Å². The highest BCUT2D eigenvalue weighted by Gasteiger charge is 2.44. The molecule has 9 heteroatoms. The Morgan fingerprint density at radius 3 is 2.56 bits per heavy atom. The highest BCUT2D eigenvalue weighted by Crippen LogP contribution is 2.36. The number of fused-ring (bicyclic) bond motifs is 2. The molecule has 3 N–H and O–H groups in total. The molecule has 3 fully saturated rings. The summed E-state index contributed by atoms with van der Waals surface area (Å²) in [5.41, 5.74) is 10.8. The van der Waals surface area contributed by atoms with Crippen molar-refractivity contribution in [3.05, 3.63) is 66.7 Å². The van der Waals surface area contributed by atoms with Crippen LogP contribution in [0.3, 0.4) is 0 Å². The molecule has 0 aliphatic carbocycles. The molecule has 172 valence electrons. The lowest BCUT2D eigenvalue weighted by atomic mass is 9.87. The molecule has 0 saturated carbocycles. The predicted octanol–water partition coefficient (Wildman–Crippen LogP) is 2.98. The van der Waals surface area contributed by atoms with Gasteiger partial charge in [0.15, 0.2) is 0 Å². The lowest BCUT2D eigenvalue weighted by Crippen LogP contribution is -2.68. The Hall–Kier alpha value is -3.98. The number of rotatable bonds is 6. The van der Waals surface area contributed by atoms with E-state index in [4.69, 9.17) is 15.5 Å². The van der Waals surface area contributed by atoms with E-state index >= 15 is 0 Å². The molecule has 3 aliphatic heterocycles. The van der Waals surface area contributed by atoms with Gasteiger partial charge in [0.1, 0.15) is 11.6 Å². The fourth-order valence-electron chi connectivity index (χ4n) is 5.04.